The summed E-state index contributed by atoms with van der Waals surface area (Å²) >= 11 is 6.03. The first-order chi connectivity index (χ1) is 10.1. The van der Waals surface area contributed by atoms with Crippen molar-refractivity contribution >= 4 is 22.6 Å². The van der Waals surface area contributed by atoms with E-state index in [0.717, 1.165) is 42.7 Å². The Morgan fingerprint density at radius 3 is 3.00 bits per heavy atom. The highest BCUT2D eigenvalue weighted by Gasteiger charge is 2.25. The molecule has 114 valence electrons. The highest BCUT2D eigenvalue weighted by Crippen LogP contribution is 2.26. The third-order valence-electron chi connectivity index (χ3n) is 4.57. The molecule has 0 unspecified atom stereocenters. The van der Waals surface area contributed by atoms with Crippen LogP contribution >= 0.6 is 11.6 Å². The van der Waals surface area contributed by atoms with Gasteiger partial charge in [-0.2, -0.15) is 0 Å². The standard InChI is InChI=1S/C16H22ClN3O/c1-10(18-9-11-4-3-5-15(11)21)16-19-13-8-12(17)6-7-14(13)20(16)2/h6-8,10-11,15,18,21H,3-5,9H2,1-2H3/t10-,11-,15+/m0/s1. The molecule has 1 aromatic heterocycles. The Labute approximate surface area is 130 Å². The lowest BCUT2D eigenvalue weighted by molar-refractivity contribution is 0.130. The van der Waals surface area contributed by atoms with Crippen molar-refractivity contribution in [3.63, 3.8) is 0 Å². The zero-order valence-electron chi connectivity index (χ0n) is 12.5. The normalized spacial score (nSPS) is 23.8. The number of nitrogens with zero attached hydrogens (tertiary/aromatic N) is 2. The lowest BCUT2D eigenvalue weighted by Crippen LogP contribution is -2.30. The molecule has 3 atom stereocenters. The lowest BCUT2D eigenvalue weighted by Gasteiger charge is -2.19. The van der Waals surface area contributed by atoms with Crippen LogP contribution in [0.15, 0.2) is 18.2 Å². The number of hydrogen-bond donors (Lipinski definition) is 2. The average Bonchev–Trinajstić information content (AvgIpc) is 3.00. The summed E-state index contributed by atoms with van der Waals surface area (Å²) in [6.07, 6.45) is 3.03. The number of nitrogens with one attached hydrogen (secondary N) is 1. The van der Waals surface area contributed by atoms with Gasteiger partial charge >= 0.3 is 0 Å². The maximum Gasteiger partial charge on any atom is 0.126 e. The van der Waals surface area contributed by atoms with Gasteiger partial charge in [0.15, 0.2) is 0 Å². The van der Waals surface area contributed by atoms with E-state index in [1.807, 2.05) is 25.2 Å². The maximum atomic E-state index is 9.90. The molecule has 2 N–H and O–H groups in total. The molecular formula is C16H22ClN3O. The molecule has 1 aliphatic carbocycles. The Balaban J connectivity index is 1.75. The number of aliphatic hydroxyl groups is 1. The molecule has 0 saturated heterocycles. The molecular weight excluding hydrogens is 286 g/mol. The van der Waals surface area contributed by atoms with Gasteiger partial charge in [-0.25, -0.2) is 4.98 Å². The number of aliphatic hydroxyl groups excluding tert-OH is 1. The summed E-state index contributed by atoms with van der Waals surface area (Å²) in [4.78, 5) is 4.69. The molecule has 0 aliphatic heterocycles. The zero-order valence-corrected chi connectivity index (χ0v) is 13.3. The Kier molecular flexibility index (Phi) is 4.20. The first-order valence-corrected chi connectivity index (χ1v) is 7.97. The summed E-state index contributed by atoms with van der Waals surface area (Å²) in [6, 6.07) is 5.94. The van der Waals surface area contributed by atoms with Gasteiger partial charge in [-0.1, -0.05) is 18.0 Å². The molecule has 1 aromatic carbocycles. The predicted octanol–water partition coefficient (Wildman–Crippen LogP) is 3.04. The van der Waals surface area contributed by atoms with E-state index in [4.69, 9.17) is 16.6 Å². The highest BCUT2D eigenvalue weighted by atomic mass is 35.5. The van der Waals surface area contributed by atoms with E-state index in [2.05, 4.69) is 16.8 Å². The van der Waals surface area contributed by atoms with Gasteiger partial charge in [0.05, 0.1) is 23.2 Å². The molecule has 4 nitrogen and oxygen atoms in total. The van der Waals surface area contributed by atoms with Crippen LogP contribution in [0.2, 0.25) is 5.02 Å². The van der Waals surface area contributed by atoms with Crippen molar-refractivity contribution in [3.05, 3.63) is 29.0 Å². The minimum Gasteiger partial charge on any atom is -0.393 e. The van der Waals surface area contributed by atoms with Crippen LogP contribution in [0.3, 0.4) is 0 Å². The van der Waals surface area contributed by atoms with Crippen LogP contribution in [0.25, 0.3) is 11.0 Å². The van der Waals surface area contributed by atoms with E-state index in [-0.39, 0.29) is 12.1 Å². The third kappa shape index (κ3) is 2.93. The van der Waals surface area contributed by atoms with E-state index in [0.29, 0.717) is 10.9 Å². The van der Waals surface area contributed by atoms with Crippen LogP contribution in [-0.2, 0) is 7.05 Å². The van der Waals surface area contributed by atoms with Crippen LogP contribution < -0.4 is 5.32 Å². The monoisotopic (exact) mass is 307 g/mol. The molecule has 1 aliphatic rings. The quantitative estimate of drug-likeness (QED) is 0.913. The highest BCUT2D eigenvalue weighted by molar-refractivity contribution is 6.31. The summed E-state index contributed by atoms with van der Waals surface area (Å²) in [5.41, 5.74) is 2.01. The van der Waals surface area contributed by atoms with Gasteiger partial charge < -0.3 is 15.0 Å². The van der Waals surface area contributed by atoms with E-state index >= 15 is 0 Å². The van der Waals surface area contributed by atoms with E-state index in [1.54, 1.807) is 0 Å². The predicted molar refractivity (Wildman–Crippen MR) is 85.5 cm³/mol. The summed E-state index contributed by atoms with van der Waals surface area (Å²) in [6.45, 7) is 2.95. The number of imidazole rings is 1. The molecule has 0 spiro atoms. The number of benzene rings is 1. The lowest BCUT2D eigenvalue weighted by atomic mass is 10.1. The van der Waals surface area contributed by atoms with Crippen LogP contribution in [0.5, 0.6) is 0 Å². The van der Waals surface area contributed by atoms with E-state index in [1.165, 1.54) is 0 Å². The first-order valence-electron chi connectivity index (χ1n) is 7.59. The van der Waals surface area contributed by atoms with Crippen molar-refractivity contribution in [2.75, 3.05) is 6.54 Å². The second-order valence-electron chi connectivity index (χ2n) is 6.05. The van der Waals surface area contributed by atoms with Crippen LogP contribution in [0, 0.1) is 5.92 Å². The van der Waals surface area contributed by atoms with Gasteiger partial charge in [-0.05, 0) is 43.9 Å². The zero-order chi connectivity index (χ0) is 15.0. The number of halogens is 1. The first kappa shape index (κ1) is 14.8. The van der Waals surface area contributed by atoms with Gasteiger partial charge in [-0.3, -0.25) is 0 Å². The number of fused-ring (bicyclic) bond motifs is 1. The molecule has 0 amide bonds. The van der Waals surface area contributed by atoms with Crippen molar-refractivity contribution in [1.29, 1.82) is 0 Å². The number of aryl methyl sites for hydroxylation is 1. The summed E-state index contributed by atoms with van der Waals surface area (Å²) in [5, 5.41) is 14.1. The van der Waals surface area contributed by atoms with E-state index in [9.17, 15) is 5.11 Å². The maximum absolute atomic E-state index is 9.90. The minimum atomic E-state index is -0.149. The van der Waals surface area contributed by atoms with Crippen LogP contribution in [0.4, 0.5) is 0 Å². The number of rotatable bonds is 4. The van der Waals surface area contributed by atoms with Crippen molar-refractivity contribution in [2.24, 2.45) is 13.0 Å². The molecule has 1 saturated carbocycles. The Morgan fingerprint density at radius 1 is 1.48 bits per heavy atom. The Morgan fingerprint density at radius 2 is 2.29 bits per heavy atom. The van der Waals surface area contributed by atoms with E-state index < -0.39 is 0 Å². The summed E-state index contributed by atoms with van der Waals surface area (Å²) < 4.78 is 2.11. The van der Waals surface area contributed by atoms with Crippen molar-refractivity contribution in [1.82, 2.24) is 14.9 Å². The fourth-order valence-electron chi connectivity index (χ4n) is 3.25. The van der Waals surface area contributed by atoms with Gasteiger partial charge in [0.25, 0.3) is 0 Å². The minimum absolute atomic E-state index is 0.147. The van der Waals surface area contributed by atoms with Gasteiger partial charge in [0.2, 0.25) is 0 Å². The third-order valence-corrected chi connectivity index (χ3v) is 4.81. The molecule has 0 bridgehead atoms. The van der Waals surface area contributed by atoms with Crippen LogP contribution in [-0.4, -0.2) is 27.3 Å². The van der Waals surface area contributed by atoms with Crippen molar-refractivity contribution in [3.8, 4) is 0 Å². The van der Waals surface area contributed by atoms with Gasteiger partial charge in [-0.15, -0.1) is 0 Å². The molecule has 21 heavy (non-hydrogen) atoms. The largest absolute Gasteiger partial charge is 0.393 e. The topological polar surface area (TPSA) is 50.1 Å². The van der Waals surface area contributed by atoms with Crippen LogP contribution in [0.1, 0.15) is 38.1 Å². The number of hydrogen-bond acceptors (Lipinski definition) is 3. The summed E-state index contributed by atoms with van der Waals surface area (Å²) in [7, 11) is 2.03. The number of aromatic nitrogens is 2. The van der Waals surface area contributed by atoms with Gasteiger partial charge in [0.1, 0.15) is 5.82 Å². The SMILES string of the molecule is C[C@H](NC[C@@H]1CCC[C@H]1O)c1nc2cc(Cl)ccc2n1C. The van der Waals surface area contributed by atoms with Gasteiger partial charge in [0, 0.05) is 18.6 Å². The second-order valence-corrected chi connectivity index (χ2v) is 6.49. The molecule has 1 heterocycles. The Bertz CT molecular complexity index is 640. The smallest absolute Gasteiger partial charge is 0.126 e. The molecule has 3 rings (SSSR count). The molecule has 5 heteroatoms. The van der Waals surface area contributed by atoms with Crippen molar-refractivity contribution < 1.29 is 5.11 Å². The van der Waals surface area contributed by atoms with Crippen molar-refractivity contribution in [2.45, 2.75) is 38.3 Å². The fraction of sp³-hybridized carbons (Fsp3) is 0.562. The summed E-state index contributed by atoms with van der Waals surface area (Å²) in [5.74, 6) is 1.37. The molecule has 1 fully saturated rings. The second kappa shape index (κ2) is 5.95. The average molecular weight is 308 g/mol. The Hall–Kier alpha value is -1.10. The molecule has 2 aromatic rings. The molecule has 0 radical (unpaired) electrons. The fourth-order valence-corrected chi connectivity index (χ4v) is 3.42.